The molecule has 1 aliphatic heterocycles. The van der Waals surface area contributed by atoms with Crippen LogP contribution < -0.4 is 4.90 Å². The van der Waals surface area contributed by atoms with Gasteiger partial charge in [0.05, 0.1) is 5.69 Å². The lowest BCUT2D eigenvalue weighted by Gasteiger charge is -2.36. The van der Waals surface area contributed by atoms with E-state index in [0.717, 1.165) is 50.3 Å². The molecule has 0 saturated carbocycles. The van der Waals surface area contributed by atoms with E-state index in [-0.39, 0.29) is 0 Å². The van der Waals surface area contributed by atoms with Gasteiger partial charge >= 0.3 is 0 Å². The summed E-state index contributed by atoms with van der Waals surface area (Å²) in [6.45, 7) is 7.05. The maximum Gasteiger partial charge on any atom is 0.150 e. The molecule has 114 valence electrons. The van der Waals surface area contributed by atoms with Crippen molar-refractivity contribution in [3.8, 4) is 0 Å². The summed E-state index contributed by atoms with van der Waals surface area (Å²) in [5.74, 6) is 0. The Labute approximate surface area is 131 Å². The summed E-state index contributed by atoms with van der Waals surface area (Å²) in [4.78, 5) is 20.0. The zero-order valence-corrected chi connectivity index (χ0v) is 12.9. The van der Waals surface area contributed by atoms with E-state index in [1.807, 2.05) is 30.5 Å². The predicted molar refractivity (Wildman–Crippen MR) is 88.3 cm³/mol. The summed E-state index contributed by atoms with van der Waals surface area (Å²) < 4.78 is 0. The number of aryl methyl sites for hydroxylation is 1. The molecule has 0 unspecified atom stereocenters. The van der Waals surface area contributed by atoms with Crippen LogP contribution in [0.2, 0.25) is 0 Å². The van der Waals surface area contributed by atoms with E-state index >= 15 is 0 Å². The molecule has 1 fully saturated rings. The Morgan fingerprint density at radius 2 is 1.77 bits per heavy atom. The number of rotatable bonds is 4. The molecule has 4 nitrogen and oxygen atoms in total. The summed E-state index contributed by atoms with van der Waals surface area (Å²) in [6, 6.07) is 12.0. The molecular formula is C18H21N3O. The molecule has 2 aromatic rings. The Balaban J connectivity index is 1.55. The van der Waals surface area contributed by atoms with E-state index < -0.39 is 0 Å². The van der Waals surface area contributed by atoms with Gasteiger partial charge in [0.1, 0.15) is 6.29 Å². The third-order valence-electron chi connectivity index (χ3n) is 4.12. The summed E-state index contributed by atoms with van der Waals surface area (Å²) in [7, 11) is 0. The normalized spacial score (nSPS) is 15.8. The van der Waals surface area contributed by atoms with Gasteiger partial charge in [-0.05, 0) is 42.8 Å². The number of hydrogen-bond acceptors (Lipinski definition) is 4. The van der Waals surface area contributed by atoms with E-state index in [9.17, 15) is 4.79 Å². The number of benzene rings is 1. The van der Waals surface area contributed by atoms with Crippen molar-refractivity contribution in [2.75, 3.05) is 31.1 Å². The van der Waals surface area contributed by atoms with Gasteiger partial charge in [0.25, 0.3) is 0 Å². The highest BCUT2D eigenvalue weighted by atomic mass is 16.1. The molecule has 0 spiro atoms. The van der Waals surface area contributed by atoms with Gasteiger partial charge in [0.2, 0.25) is 0 Å². The molecule has 1 aromatic heterocycles. The predicted octanol–water partition coefficient (Wildman–Crippen LogP) is 2.52. The largest absolute Gasteiger partial charge is 0.369 e. The van der Waals surface area contributed by atoms with Crippen LogP contribution in [0.4, 0.5) is 5.69 Å². The van der Waals surface area contributed by atoms with Crippen molar-refractivity contribution in [1.82, 2.24) is 9.88 Å². The molecule has 1 saturated heterocycles. The molecule has 4 heteroatoms. The van der Waals surface area contributed by atoms with Crippen molar-refractivity contribution in [1.29, 1.82) is 0 Å². The van der Waals surface area contributed by atoms with Crippen molar-refractivity contribution in [2.45, 2.75) is 13.5 Å². The maximum absolute atomic E-state index is 10.7. The first-order chi connectivity index (χ1) is 10.7. The van der Waals surface area contributed by atoms with Gasteiger partial charge in [-0.15, -0.1) is 0 Å². The number of carbonyl (C=O) groups excluding carboxylic acids is 1. The second-order valence-electron chi connectivity index (χ2n) is 5.80. The van der Waals surface area contributed by atoms with Crippen LogP contribution in [-0.2, 0) is 6.54 Å². The fourth-order valence-electron chi connectivity index (χ4n) is 2.75. The first-order valence-electron chi connectivity index (χ1n) is 7.69. The molecule has 0 bridgehead atoms. The monoisotopic (exact) mass is 295 g/mol. The molecule has 1 aromatic carbocycles. The Bertz CT molecular complexity index is 614. The van der Waals surface area contributed by atoms with E-state index in [0.29, 0.717) is 0 Å². The molecular weight excluding hydrogens is 274 g/mol. The highest BCUT2D eigenvalue weighted by Crippen LogP contribution is 2.17. The fourth-order valence-corrected chi connectivity index (χ4v) is 2.75. The number of nitrogens with zero attached hydrogens (tertiary/aromatic N) is 3. The molecule has 22 heavy (non-hydrogen) atoms. The first-order valence-corrected chi connectivity index (χ1v) is 7.69. The van der Waals surface area contributed by atoms with Crippen LogP contribution in [0, 0.1) is 6.92 Å². The minimum absolute atomic E-state index is 0.729. The number of carbonyl (C=O) groups is 1. The highest BCUT2D eigenvalue weighted by molar-refractivity contribution is 5.75. The molecule has 0 aliphatic carbocycles. The number of aldehydes is 1. The molecule has 0 N–H and O–H groups in total. The lowest BCUT2D eigenvalue weighted by molar-refractivity contribution is 0.112. The van der Waals surface area contributed by atoms with Gasteiger partial charge < -0.3 is 4.90 Å². The van der Waals surface area contributed by atoms with Gasteiger partial charge in [-0.2, -0.15) is 0 Å². The second kappa shape index (κ2) is 6.71. The van der Waals surface area contributed by atoms with Crippen LogP contribution >= 0.6 is 0 Å². The second-order valence-corrected chi connectivity index (χ2v) is 5.80. The molecule has 0 radical (unpaired) electrons. The molecule has 0 amide bonds. The van der Waals surface area contributed by atoms with Gasteiger partial charge in [-0.1, -0.05) is 6.07 Å². The highest BCUT2D eigenvalue weighted by Gasteiger charge is 2.17. The van der Waals surface area contributed by atoms with E-state index in [2.05, 4.69) is 33.8 Å². The summed E-state index contributed by atoms with van der Waals surface area (Å²) in [5.41, 5.74) is 4.26. The summed E-state index contributed by atoms with van der Waals surface area (Å²) >= 11 is 0. The number of piperazine rings is 1. The van der Waals surface area contributed by atoms with Crippen LogP contribution in [-0.4, -0.2) is 42.3 Å². The zero-order valence-electron chi connectivity index (χ0n) is 12.9. The smallest absolute Gasteiger partial charge is 0.150 e. The lowest BCUT2D eigenvalue weighted by Crippen LogP contribution is -2.46. The molecule has 1 aliphatic rings. The number of pyridine rings is 1. The molecule has 0 atom stereocenters. The van der Waals surface area contributed by atoms with Crippen molar-refractivity contribution in [2.24, 2.45) is 0 Å². The number of hydrogen-bond donors (Lipinski definition) is 0. The Morgan fingerprint density at radius 3 is 2.36 bits per heavy atom. The van der Waals surface area contributed by atoms with Gasteiger partial charge in [0, 0.05) is 50.2 Å². The zero-order chi connectivity index (χ0) is 15.4. The average Bonchev–Trinajstić information content (AvgIpc) is 2.58. The van der Waals surface area contributed by atoms with Crippen molar-refractivity contribution < 1.29 is 4.79 Å². The summed E-state index contributed by atoms with van der Waals surface area (Å²) in [6.07, 6.45) is 2.82. The Morgan fingerprint density at radius 1 is 1.05 bits per heavy atom. The van der Waals surface area contributed by atoms with Crippen LogP contribution in [0.1, 0.15) is 21.6 Å². The van der Waals surface area contributed by atoms with Gasteiger partial charge in [0.15, 0.2) is 0 Å². The topological polar surface area (TPSA) is 36.4 Å². The molecule has 3 rings (SSSR count). The number of aromatic nitrogens is 1. The Hall–Kier alpha value is -2.20. The van der Waals surface area contributed by atoms with Crippen LogP contribution in [0.3, 0.4) is 0 Å². The average molecular weight is 295 g/mol. The SMILES string of the molecule is Cc1ccc(CN2CCN(c3ccc(C=O)cc3)CC2)nc1. The summed E-state index contributed by atoms with van der Waals surface area (Å²) in [5, 5.41) is 0. The molecule has 2 heterocycles. The fraction of sp³-hybridized carbons (Fsp3) is 0.333. The van der Waals surface area contributed by atoms with E-state index in [1.54, 1.807) is 0 Å². The van der Waals surface area contributed by atoms with Gasteiger partial charge in [-0.3, -0.25) is 14.7 Å². The standard InChI is InChI=1S/C18H21N3O/c1-15-2-5-17(19-12-15)13-20-8-10-21(11-9-20)18-6-3-16(14-22)4-7-18/h2-7,12,14H,8-11,13H2,1H3. The van der Waals surface area contributed by atoms with E-state index in [1.165, 1.54) is 11.3 Å². The van der Waals surface area contributed by atoms with Crippen molar-refractivity contribution in [3.63, 3.8) is 0 Å². The van der Waals surface area contributed by atoms with E-state index in [4.69, 9.17) is 0 Å². The minimum atomic E-state index is 0.729. The van der Waals surface area contributed by atoms with Crippen molar-refractivity contribution in [3.05, 3.63) is 59.4 Å². The van der Waals surface area contributed by atoms with Crippen LogP contribution in [0.5, 0.6) is 0 Å². The first kappa shape index (κ1) is 14.7. The Kier molecular flexibility index (Phi) is 4.49. The lowest BCUT2D eigenvalue weighted by atomic mass is 10.2. The third kappa shape index (κ3) is 3.52. The van der Waals surface area contributed by atoms with Gasteiger partial charge in [-0.25, -0.2) is 0 Å². The van der Waals surface area contributed by atoms with Crippen LogP contribution in [0.25, 0.3) is 0 Å². The third-order valence-corrected chi connectivity index (χ3v) is 4.12. The maximum atomic E-state index is 10.7. The van der Waals surface area contributed by atoms with Crippen LogP contribution in [0.15, 0.2) is 42.6 Å². The minimum Gasteiger partial charge on any atom is -0.369 e. The quantitative estimate of drug-likeness (QED) is 0.812. The van der Waals surface area contributed by atoms with Crippen molar-refractivity contribution >= 4 is 12.0 Å². The number of anilines is 1.